The number of para-hydroxylation sites is 1. The molecule has 1 unspecified atom stereocenters. The van der Waals surface area contributed by atoms with Gasteiger partial charge in [0.25, 0.3) is 0 Å². The van der Waals surface area contributed by atoms with Gasteiger partial charge in [0.15, 0.2) is 0 Å². The van der Waals surface area contributed by atoms with Crippen molar-refractivity contribution in [2.45, 2.75) is 38.3 Å². The second-order valence-electron chi connectivity index (χ2n) is 9.61. The second kappa shape index (κ2) is 8.67. The quantitative estimate of drug-likeness (QED) is 0.565. The number of fused-ring (bicyclic) bond motifs is 2. The molecule has 3 heterocycles. The molecule has 3 aromatic rings. The van der Waals surface area contributed by atoms with Gasteiger partial charge in [-0.05, 0) is 69.8 Å². The number of amides is 1. The Morgan fingerprint density at radius 3 is 2.66 bits per heavy atom. The van der Waals surface area contributed by atoms with Crippen LogP contribution in [0.1, 0.15) is 47.6 Å². The van der Waals surface area contributed by atoms with Crippen LogP contribution in [0.2, 0.25) is 0 Å². The van der Waals surface area contributed by atoms with Crippen LogP contribution < -0.4 is 16.0 Å². The van der Waals surface area contributed by atoms with E-state index in [-0.39, 0.29) is 11.9 Å². The van der Waals surface area contributed by atoms with Gasteiger partial charge in [0.2, 0.25) is 5.91 Å². The van der Waals surface area contributed by atoms with E-state index in [1.54, 1.807) is 6.07 Å². The van der Waals surface area contributed by atoms with Gasteiger partial charge in [0, 0.05) is 23.5 Å². The summed E-state index contributed by atoms with van der Waals surface area (Å²) in [5, 5.41) is 12.9. The van der Waals surface area contributed by atoms with Gasteiger partial charge in [0.05, 0.1) is 29.9 Å². The Morgan fingerprint density at radius 1 is 1.20 bits per heavy atom. The van der Waals surface area contributed by atoms with Gasteiger partial charge in [-0.25, -0.2) is 9.97 Å². The van der Waals surface area contributed by atoms with Crippen LogP contribution in [-0.2, 0) is 16.8 Å². The lowest BCUT2D eigenvalue weighted by Crippen LogP contribution is -2.53. The molecule has 8 nitrogen and oxygen atoms in total. The summed E-state index contributed by atoms with van der Waals surface area (Å²) in [6.45, 7) is 5.72. The zero-order valence-electron chi connectivity index (χ0n) is 20.2. The number of nitrogen functional groups attached to an aromatic ring is 1. The molecule has 2 aliphatic heterocycles. The molecule has 1 spiro atoms. The molecule has 178 valence electrons. The number of nitrogens with zero attached hydrogens (tertiary/aromatic N) is 5. The van der Waals surface area contributed by atoms with Crippen LogP contribution in [0.25, 0.3) is 0 Å². The number of carbonyl (C=O) groups is 1. The van der Waals surface area contributed by atoms with E-state index in [0.29, 0.717) is 42.4 Å². The molecular weight excluding hydrogens is 438 g/mol. The zero-order chi connectivity index (χ0) is 24.7. The smallest absolute Gasteiger partial charge is 0.240 e. The van der Waals surface area contributed by atoms with Crippen LogP contribution in [-0.4, -0.2) is 40.9 Å². The fourth-order valence-electron chi connectivity index (χ4n) is 5.31. The number of anilines is 3. The monoisotopic (exact) mass is 467 g/mol. The van der Waals surface area contributed by atoms with Gasteiger partial charge >= 0.3 is 0 Å². The van der Waals surface area contributed by atoms with Crippen LogP contribution >= 0.6 is 0 Å². The predicted octanol–water partition coefficient (Wildman–Crippen LogP) is 3.53. The summed E-state index contributed by atoms with van der Waals surface area (Å²) in [6, 6.07) is 17.2. The van der Waals surface area contributed by atoms with Crippen molar-refractivity contribution >= 4 is 23.1 Å². The van der Waals surface area contributed by atoms with E-state index in [0.717, 1.165) is 29.1 Å². The first-order valence-corrected chi connectivity index (χ1v) is 11.8. The summed E-state index contributed by atoms with van der Waals surface area (Å²) in [4.78, 5) is 27.7. The summed E-state index contributed by atoms with van der Waals surface area (Å²) in [5.74, 6) is 1.43. The molecule has 1 aromatic heterocycles. The van der Waals surface area contributed by atoms with Crippen molar-refractivity contribution < 1.29 is 4.79 Å². The standard InChI is InChI=1S/C27H29N7O/c1-17(20-11-19(14-28)12-21(29)13-20)30-25-23-15-34(22-7-5-4-6-8-22)26(35)27(9-10-33(3)16-27)24(23)31-18(2)32-25/h4-8,11-13,17H,9-10,15-16,29H2,1-3H3,(H,30,31,32)/t17-,27?/m1/s1. The minimum atomic E-state index is -0.712. The number of hydrogen-bond acceptors (Lipinski definition) is 7. The minimum Gasteiger partial charge on any atom is -0.399 e. The molecule has 3 N–H and O–H groups in total. The molecule has 0 bridgehead atoms. The molecule has 5 rings (SSSR count). The lowest BCUT2D eigenvalue weighted by molar-refractivity contribution is -0.124. The third kappa shape index (κ3) is 3.98. The maximum Gasteiger partial charge on any atom is 0.240 e. The van der Waals surface area contributed by atoms with Crippen LogP contribution in [0, 0.1) is 18.3 Å². The Kier molecular flexibility index (Phi) is 5.65. The summed E-state index contributed by atoms with van der Waals surface area (Å²) in [7, 11) is 2.05. The van der Waals surface area contributed by atoms with E-state index < -0.39 is 5.41 Å². The highest BCUT2D eigenvalue weighted by Gasteiger charge is 2.53. The Bertz CT molecular complexity index is 1330. The molecule has 0 radical (unpaired) electrons. The van der Waals surface area contributed by atoms with Gasteiger partial charge in [0.1, 0.15) is 17.1 Å². The number of benzene rings is 2. The van der Waals surface area contributed by atoms with Gasteiger partial charge in [-0.2, -0.15) is 5.26 Å². The normalized spacial score (nSPS) is 20.5. The van der Waals surface area contributed by atoms with Crippen LogP contribution in [0.3, 0.4) is 0 Å². The fourth-order valence-corrected chi connectivity index (χ4v) is 5.31. The van der Waals surface area contributed by atoms with E-state index in [2.05, 4.69) is 16.3 Å². The highest BCUT2D eigenvalue weighted by Crippen LogP contribution is 2.44. The average molecular weight is 468 g/mol. The first-order chi connectivity index (χ1) is 16.8. The number of likely N-dealkylation sites (N-methyl/N-ethyl adjacent to an activating group) is 1. The summed E-state index contributed by atoms with van der Waals surface area (Å²) in [5.41, 5.74) is 9.91. The van der Waals surface area contributed by atoms with Gasteiger partial charge in [-0.15, -0.1) is 0 Å². The number of rotatable bonds is 4. The average Bonchev–Trinajstić information content (AvgIpc) is 3.24. The number of aryl methyl sites for hydroxylation is 1. The number of nitrogens with two attached hydrogens (primary N) is 1. The Balaban J connectivity index is 1.61. The van der Waals surface area contributed by atoms with Crippen molar-refractivity contribution in [2.24, 2.45) is 0 Å². The highest BCUT2D eigenvalue weighted by atomic mass is 16.2. The molecule has 8 heteroatoms. The van der Waals surface area contributed by atoms with Crippen molar-refractivity contribution in [3.8, 4) is 6.07 Å². The number of likely N-dealkylation sites (tertiary alicyclic amines) is 1. The molecular formula is C27H29N7O. The second-order valence-corrected chi connectivity index (χ2v) is 9.61. The van der Waals surface area contributed by atoms with E-state index >= 15 is 0 Å². The molecule has 35 heavy (non-hydrogen) atoms. The Hall–Kier alpha value is -3.96. The van der Waals surface area contributed by atoms with Crippen molar-refractivity contribution in [3.63, 3.8) is 0 Å². The topological polar surface area (TPSA) is 111 Å². The number of aromatic nitrogens is 2. The Morgan fingerprint density at radius 2 is 1.97 bits per heavy atom. The molecule has 1 fully saturated rings. The third-order valence-electron chi connectivity index (χ3n) is 7.03. The molecule has 0 saturated carbocycles. The molecule has 1 amide bonds. The van der Waals surface area contributed by atoms with Crippen LogP contribution in [0.5, 0.6) is 0 Å². The summed E-state index contributed by atoms with van der Waals surface area (Å²) in [6.07, 6.45) is 0.713. The van der Waals surface area contributed by atoms with E-state index in [4.69, 9.17) is 15.7 Å². The highest BCUT2D eigenvalue weighted by molar-refractivity contribution is 6.03. The maximum atomic E-state index is 14.0. The molecule has 2 atom stereocenters. The maximum absolute atomic E-state index is 14.0. The SMILES string of the molecule is Cc1nc(N[C@H](C)c2cc(N)cc(C#N)c2)c2c(n1)C1(CCN(C)C1)C(=O)N(c1ccccc1)C2. The molecule has 1 saturated heterocycles. The number of carbonyl (C=O) groups excluding carboxylic acids is 1. The third-order valence-corrected chi connectivity index (χ3v) is 7.03. The Labute approximate surface area is 205 Å². The van der Waals surface area contributed by atoms with Crippen molar-refractivity contribution in [3.05, 3.63) is 76.7 Å². The molecule has 2 aliphatic rings. The molecule has 0 aliphatic carbocycles. The van der Waals surface area contributed by atoms with E-state index in [1.165, 1.54) is 0 Å². The first-order valence-electron chi connectivity index (χ1n) is 11.8. The first kappa shape index (κ1) is 22.8. The van der Waals surface area contributed by atoms with Crippen molar-refractivity contribution in [1.82, 2.24) is 14.9 Å². The number of nitrogens with one attached hydrogen (secondary N) is 1. The van der Waals surface area contributed by atoms with E-state index in [1.807, 2.05) is 68.3 Å². The van der Waals surface area contributed by atoms with Gasteiger partial charge < -0.3 is 20.9 Å². The lowest BCUT2D eigenvalue weighted by Gasteiger charge is -2.40. The minimum absolute atomic E-state index is 0.0899. The zero-order valence-corrected chi connectivity index (χ0v) is 20.2. The van der Waals surface area contributed by atoms with E-state index in [9.17, 15) is 10.1 Å². The van der Waals surface area contributed by atoms with Crippen molar-refractivity contribution in [2.75, 3.05) is 36.1 Å². The number of hydrogen-bond donors (Lipinski definition) is 2. The van der Waals surface area contributed by atoms with Crippen LogP contribution in [0.15, 0.2) is 48.5 Å². The van der Waals surface area contributed by atoms with Gasteiger partial charge in [-0.3, -0.25) is 4.79 Å². The fraction of sp³-hybridized carbons (Fsp3) is 0.333. The number of nitriles is 1. The largest absolute Gasteiger partial charge is 0.399 e. The van der Waals surface area contributed by atoms with Crippen LogP contribution in [0.4, 0.5) is 17.2 Å². The lowest BCUT2D eigenvalue weighted by atomic mass is 9.76. The van der Waals surface area contributed by atoms with Gasteiger partial charge in [-0.1, -0.05) is 18.2 Å². The van der Waals surface area contributed by atoms with Crippen molar-refractivity contribution in [1.29, 1.82) is 5.26 Å². The predicted molar refractivity (Wildman–Crippen MR) is 136 cm³/mol. The molecule has 2 aromatic carbocycles. The summed E-state index contributed by atoms with van der Waals surface area (Å²) >= 11 is 0. The summed E-state index contributed by atoms with van der Waals surface area (Å²) < 4.78 is 0.